The van der Waals surface area contributed by atoms with Gasteiger partial charge >= 0.3 is 0 Å². The Balaban J connectivity index is 1.82. The zero-order chi connectivity index (χ0) is 16.4. The van der Waals surface area contributed by atoms with Crippen LogP contribution in [0.4, 0.5) is 4.39 Å². The lowest BCUT2D eigenvalue weighted by molar-refractivity contribution is -0.128. The highest BCUT2D eigenvalue weighted by Gasteiger charge is 2.19. The SMILES string of the molecule is Cn1cnc(-c2ccc(C3=CCN(C(=O)CCl)CC3)c(F)c2)n1. The molecule has 1 aromatic carbocycles. The van der Waals surface area contributed by atoms with Crippen LogP contribution in [0.3, 0.4) is 0 Å². The molecule has 0 N–H and O–H groups in total. The molecule has 0 spiro atoms. The van der Waals surface area contributed by atoms with E-state index in [1.165, 1.54) is 6.07 Å². The topological polar surface area (TPSA) is 51.0 Å². The average molecular weight is 335 g/mol. The number of hydrogen-bond donors (Lipinski definition) is 0. The second-order valence-electron chi connectivity index (χ2n) is 5.39. The Morgan fingerprint density at radius 2 is 2.26 bits per heavy atom. The van der Waals surface area contributed by atoms with Gasteiger partial charge < -0.3 is 4.90 Å². The first-order valence-corrected chi connectivity index (χ1v) is 7.80. The third kappa shape index (κ3) is 3.27. The number of aromatic nitrogens is 3. The van der Waals surface area contributed by atoms with Crippen molar-refractivity contribution in [3.8, 4) is 11.4 Å². The molecule has 7 heteroatoms. The summed E-state index contributed by atoms with van der Waals surface area (Å²) in [6.07, 6.45) is 4.07. The third-order valence-corrected chi connectivity index (χ3v) is 4.08. The molecule has 1 aromatic heterocycles. The monoisotopic (exact) mass is 334 g/mol. The largest absolute Gasteiger partial charge is 0.338 e. The fraction of sp³-hybridized carbons (Fsp3) is 0.312. The zero-order valence-electron chi connectivity index (χ0n) is 12.7. The molecule has 3 rings (SSSR count). The predicted molar refractivity (Wildman–Crippen MR) is 86.3 cm³/mol. The van der Waals surface area contributed by atoms with Crippen LogP contribution in [0.2, 0.25) is 0 Å². The summed E-state index contributed by atoms with van der Waals surface area (Å²) in [6.45, 7) is 1.02. The van der Waals surface area contributed by atoms with E-state index in [4.69, 9.17) is 11.6 Å². The van der Waals surface area contributed by atoms with Gasteiger partial charge in [-0.1, -0.05) is 18.2 Å². The highest BCUT2D eigenvalue weighted by molar-refractivity contribution is 6.27. The minimum atomic E-state index is -0.307. The Kier molecular flexibility index (Phi) is 4.43. The van der Waals surface area contributed by atoms with Crippen LogP contribution in [0.1, 0.15) is 12.0 Å². The Hall–Kier alpha value is -2.21. The van der Waals surface area contributed by atoms with Gasteiger partial charge in [-0.05, 0) is 18.1 Å². The summed E-state index contributed by atoms with van der Waals surface area (Å²) in [6, 6.07) is 5.00. The Labute approximate surface area is 138 Å². The van der Waals surface area contributed by atoms with Crippen molar-refractivity contribution in [1.82, 2.24) is 19.7 Å². The van der Waals surface area contributed by atoms with E-state index in [1.54, 1.807) is 29.0 Å². The summed E-state index contributed by atoms with van der Waals surface area (Å²) < 4.78 is 16.0. The smallest absolute Gasteiger partial charge is 0.237 e. The van der Waals surface area contributed by atoms with E-state index in [0.717, 1.165) is 5.57 Å². The standard InChI is InChI=1S/C16H16ClFN4O/c1-21-10-19-16(20-21)12-2-3-13(14(18)8-12)11-4-6-22(7-5-11)15(23)9-17/h2-4,8,10H,5-7,9H2,1H3. The highest BCUT2D eigenvalue weighted by Crippen LogP contribution is 2.27. The fourth-order valence-corrected chi connectivity index (χ4v) is 2.78. The quantitative estimate of drug-likeness (QED) is 0.810. The van der Waals surface area contributed by atoms with Crippen molar-refractivity contribution in [2.24, 2.45) is 7.05 Å². The number of carbonyl (C=O) groups excluding carboxylic acids is 1. The molecule has 0 aliphatic carbocycles. The second kappa shape index (κ2) is 6.50. The van der Waals surface area contributed by atoms with Crippen molar-refractivity contribution in [2.75, 3.05) is 19.0 Å². The van der Waals surface area contributed by atoms with Crippen LogP contribution in [-0.2, 0) is 11.8 Å². The van der Waals surface area contributed by atoms with Gasteiger partial charge in [-0.25, -0.2) is 9.37 Å². The van der Waals surface area contributed by atoms with E-state index in [-0.39, 0.29) is 17.6 Å². The number of hydrogen-bond acceptors (Lipinski definition) is 3. The van der Waals surface area contributed by atoms with Crippen molar-refractivity contribution in [2.45, 2.75) is 6.42 Å². The Bertz CT molecular complexity index is 771. The van der Waals surface area contributed by atoms with Gasteiger partial charge in [-0.15, -0.1) is 11.6 Å². The zero-order valence-corrected chi connectivity index (χ0v) is 13.4. The van der Waals surface area contributed by atoms with Crippen LogP contribution < -0.4 is 0 Å². The van der Waals surface area contributed by atoms with Gasteiger partial charge in [0.25, 0.3) is 0 Å². The van der Waals surface area contributed by atoms with Gasteiger partial charge in [0.15, 0.2) is 5.82 Å². The molecule has 23 heavy (non-hydrogen) atoms. The molecular weight excluding hydrogens is 319 g/mol. The van der Waals surface area contributed by atoms with Crippen LogP contribution in [0.5, 0.6) is 0 Å². The number of carbonyl (C=O) groups is 1. The molecule has 2 aromatic rings. The van der Waals surface area contributed by atoms with Gasteiger partial charge in [0, 0.05) is 31.3 Å². The first kappa shape index (κ1) is 15.7. The summed E-state index contributed by atoms with van der Waals surface area (Å²) in [7, 11) is 1.77. The number of rotatable bonds is 3. The molecule has 1 aliphatic rings. The van der Waals surface area contributed by atoms with Crippen molar-refractivity contribution >= 4 is 23.1 Å². The van der Waals surface area contributed by atoms with Crippen LogP contribution >= 0.6 is 11.6 Å². The normalized spacial score (nSPS) is 14.7. The molecule has 2 heterocycles. The van der Waals surface area contributed by atoms with Crippen LogP contribution in [0, 0.1) is 5.82 Å². The molecule has 0 radical (unpaired) electrons. The molecule has 5 nitrogen and oxygen atoms in total. The van der Waals surface area contributed by atoms with E-state index >= 15 is 0 Å². The third-order valence-electron chi connectivity index (χ3n) is 3.85. The molecule has 0 saturated carbocycles. The maximum atomic E-state index is 14.4. The second-order valence-corrected chi connectivity index (χ2v) is 5.66. The molecule has 0 atom stereocenters. The highest BCUT2D eigenvalue weighted by atomic mass is 35.5. The minimum Gasteiger partial charge on any atom is -0.338 e. The molecule has 0 unspecified atom stereocenters. The maximum absolute atomic E-state index is 14.4. The summed E-state index contributed by atoms with van der Waals surface area (Å²) in [5.74, 6) is 0.0651. The van der Waals surface area contributed by atoms with Crippen molar-refractivity contribution in [1.29, 1.82) is 0 Å². The molecule has 1 aliphatic heterocycles. The number of halogens is 2. The van der Waals surface area contributed by atoms with Crippen molar-refractivity contribution in [3.05, 3.63) is 42.0 Å². The lowest BCUT2D eigenvalue weighted by Crippen LogP contribution is -2.35. The average Bonchev–Trinajstić information content (AvgIpc) is 3.01. The first-order valence-electron chi connectivity index (χ1n) is 7.27. The van der Waals surface area contributed by atoms with Gasteiger partial charge in [0.05, 0.1) is 0 Å². The van der Waals surface area contributed by atoms with Gasteiger partial charge in [0.1, 0.15) is 18.0 Å². The molecule has 0 bridgehead atoms. The molecule has 1 amide bonds. The van der Waals surface area contributed by atoms with E-state index in [0.29, 0.717) is 36.5 Å². The first-order chi connectivity index (χ1) is 11.1. The fourth-order valence-electron chi connectivity index (χ4n) is 2.61. The molecule has 0 fully saturated rings. The summed E-state index contributed by atoms with van der Waals surface area (Å²) in [4.78, 5) is 17.3. The number of alkyl halides is 1. The Morgan fingerprint density at radius 1 is 1.43 bits per heavy atom. The number of amides is 1. The Morgan fingerprint density at radius 3 is 2.83 bits per heavy atom. The van der Waals surface area contributed by atoms with E-state index in [9.17, 15) is 9.18 Å². The van der Waals surface area contributed by atoms with Gasteiger partial charge in [0.2, 0.25) is 5.91 Å². The van der Waals surface area contributed by atoms with Crippen molar-refractivity contribution < 1.29 is 9.18 Å². The van der Waals surface area contributed by atoms with Crippen LogP contribution in [0.15, 0.2) is 30.6 Å². The molecule has 0 saturated heterocycles. The van der Waals surface area contributed by atoms with Gasteiger partial charge in [-0.3, -0.25) is 9.48 Å². The maximum Gasteiger partial charge on any atom is 0.237 e. The van der Waals surface area contributed by atoms with Gasteiger partial charge in [-0.2, -0.15) is 5.10 Å². The van der Waals surface area contributed by atoms with Crippen LogP contribution in [-0.4, -0.2) is 44.5 Å². The number of nitrogens with zero attached hydrogens (tertiary/aromatic N) is 4. The summed E-state index contributed by atoms with van der Waals surface area (Å²) in [5.41, 5.74) is 2.10. The lowest BCUT2D eigenvalue weighted by atomic mass is 9.97. The lowest BCUT2D eigenvalue weighted by Gasteiger charge is -2.26. The van der Waals surface area contributed by atoms with E-state index in [1.807, 2.05) is 12.1 Å². The van der Waals surface area contributed by atoms with E-state index in [2.05, 4.69) is 10.1 Å². The number of aryl methyl sites for hydroxylation is 1. The molecule has 120 valence electrons. The summed E-state index contributed by atoms with van der Waals surface area (Å²) >= 11 is 5.56. The predicted octanol–water partition coefficient (Wildman–Crippen LogP) is 2.48. The van der Waals surface area contributed by atoms with Crippen LogP contribution in [0.25, 0.3) is 17.0 Å². The van der Waals surface area contributed by atoms with Crippen molar-refractivity contribution in [3.63, 3.8) is 0 Å². The van der Waals surface area contributed by atoms with E-state index < -0.39 is 0 Å². The number of benzene rings is 1. The minimum absolute atomic E-state index is 0.0245. The molecular formula is C16H16ClFN4O. The summed E-state index contributed by atoms with van der Waals surface area (Å²) in [5, 5.41) is 4.17.